The van der Waals surface area contributed by atoms with Crippen molar-refractivity contribution < 1.29 is 3.89 Å². The minimum absolute atomic E-state index is 0.220. The molecular weight excluding hydrogens is 710 g/mol. The van der Waals surface area contributed by atoms with E-state index in [4.69, 9.17) is 0 Å². The Balaban J connectivity index is 0.00000113. The Bertz CT molecular complexity index is 1990. The third-order valence-electron chi connectivity index (χ3n) is 8.78. The average Bonchev–Trinajstić information content (AvgIpc) is 3.32. The van der Waals surface area contributed by atoms with Crippen LogP contribution < -0.4 is 9.80 Å². The number of halogens is 2. The topological polar surface area (TPSA) is 6.48 Å². The molecule has 0 radical (unpaired) electrons. The van der Waals surface area contributed by atoms with Gasteiger partial charge in [-0.3, -0.25) is 0 Å². The molecule has 2 nitrogen and oxygen atoms in total. The van der Waals surface area contributed by atoms with E-state index in [0.29, 0.717) is 0 Å². The van der Waals surface area contributed by atoms with Crippen LogP contribution in [0.15, 0.2) is 151 Å². The van der Waals surface area contributed by atoms with Gasteiger partial charge in [-0.05, 0) is 94.8 Å². The van der Waals surface area contributed by atoms with E-state index in [-0.39, 0.29) is 9.32 Å². The number of hydrogen-bond donors (Lipinski definition) is 0. The lowest BCUT2D eigenvalue weighted by Gasteiger charge is -2.28. The fourth-order valence-corrected chi connectivity index (χ4v) is 6.76. The van der Waals surface area contributed by atoms with Crippen LogP contribution in [0.1, 0.15) is 33.4 Å². The van der Waals surface area contributed by atoms with Crippen LogP contribution in [-0.2, 0) is 12.8 Å². The highest BCUT2D eigenvalue weighted by molar-refractivity contribution is 14.2. The molecule has 0 unspecified atom stereocenters. The monoisotopic (exact) mass is 742 g/mol. The molecule has 0 atom stereocenters. The second-order valence-corrected chi connectivity index (χ2v) is 12.7. The zero-order chi connectivity index (χ0) is 32.2. The molecule has 0 saturated carbocycles. The quantitative estimate of drug-likeness (QED) is 0.131. The van der Waals surface area contributed by atoms with Crippen molar-refractivity contribution in [1.29, 1.82) is 0 Å². The summed E-state index contributed by atoms with van der Waals surface area (Å²) >= 11 is 1.54. The van der Waals surface area contributed by atoms with Gasteiger partial charge < -0.3 is 9.80 Å². The van der Waals surface area contributed by atoms with Gasteiger partial charge in [0.2, 0.25) is 0 Å². The van der Waals surface area contributed by atoms with Gasteiger partial charge in [0.05, 0.1) is 22.7 Å². The summed E-state index contributed by atoms with van der Waals surface area (Å²) in [7, 11) is 0.220. The molecule has 2 heterocycles. The van der Waals surface area contributed by atoms with Gasteiger partial charge in [0.25, 0.3) is 0 Å². The molecule has 0 N–H and O–H groups in total. The van der Waals surface area contributed by atoms with Crippen molar-refractivity contribution in [3.63, 3.8) is 0 Å². The maximum atomic E-state index is 10.2. The van der Waals surface area contributed by atoms with Crippen LogP contribution in [0.5, 0.6) is 0 Å². The predicted octanol–water partition coefficient (Wildman–Crippen LogP) is 13.0. The summed E-state index contributed by atoms with van der Waals surface area (Å²) in [5.74, 6) is 0. The standard InChI is InChI=1S/C42H32N2.FIS/c1-2-11-37(43-39-16-7-3-12-31(39)20-21-32-13-4-8-17-40(32)43)28-30-26-35-24-25-38(29-36(35)27-30)44-41-18-9-5-14-33(41)22-23-34-15-6-10-19-42(34)44;1-3-2/h2-25,28-29H,1,26-27H2;/b30-28+,37-11+;. The van der Waals surface area contributed by atoms with Gasteiger partial charge in [-0.25, -0.2) is 0 Å². The molecule has 230 valence electrons. The number of rotatable bonds is 4. The fraction of sp³-hybridized carbons (Fsp3) is 0.0476. The molecule has 5 aromatic rings. The first-order chi connectivity index (χ1) is 23.2. The van der Waals surface area contributed by atoms with E-state index in [0.717, 1.165) is 18.5 Å². The first-order valence-corrected chi connectivity index (χ1v) is 18.8. The number of fused-ring (bicyclic) bond motifs is 5. The Morgan fingerprint density at radius 3 is 1.60 bits per heavy atom. The van der Waals surface area contributed by atoms with Crippen molar-refractivity contribution in [1.82, 2.24) is 0 Å². The molecule has 5 aromatic carbocycles. The highest BCUT2D eigenvalue weighted by atomic mass is 127. The minimum atomic E-state index is 0.220. The van der Waals surface area contributed by atoms with Crippen LogP contribution in [0.25, 0.3) is 24.3 Å². The van der Waals surface area contributed by atoms with E-state index < -0.39 is 0 Å². The Hall–Kier alpha value is -4.59. The van der Waals surface area contributed by atoms with Crippen molar-refractivity contribution in [3.05, 3.63) is 185 Å². The molecule has 0 fully saturated rings. The van der Waals surface area contributed by atoms with Gasteiger partial charge >= 0.3 is 0 Å². The minimum Gasteiger partial charge on any atom is -0.309 e. The fourth-order valence-electron chi connectivity index (χ4n) is 6.76. The third kappa shape index (κ3) is 6.25. The van der Waals surface area contributed by atoms with E-state index in [2.05, 4.69) is 168 Å². The van der Waals surface area contributed by atoms with E-state index in [9.17, 15) is 3.89 Å². The molecule has 5 heteroatoms. The van der Waals surface area contributed by atoms with E-state index >= 15 is 0 Å². The van der Waals surface area contributed by atoms with Crippen molar-refractivity contribution in [3.8, 4) is 0 Å². The van der Waals surface area contributed by atoms with E-state index in [1.807, 2.05) is 6.08 Å². The lowest BCUT2D eigenvalue weighted by atomic mass is 10.1. The second-order valence-electron chi connectivity index (χ2n) is 11.6. The lowest BCUT2D eigenvalue weighted by Crippen LogP contribution is -2.17. The summed E-state index contributed by atoms with van der Waals surface area (Å²) in [4.78, 5) is 4.79. The Kier molecular flexibility index (Phi) is 9.27. The summed E-state index contributed by atoms with van der Waals surface area (Å²) in [6.07, 6.45) is 17.2. The molecule has 0 spiro atoms. The van der Waals surface area contributed by atoms with E-state index in [1.165, 1.54) is 88.6 Å². The molecule has 2 aliphatic heterocycles. The lowest BCUT2D eigenvalue weighted by molar-refractivity contribution is 0.956. The molecule has 0 bridgehead atoms. The number of anilines is 5. The molecule has 3 aliphatic rings. The first-order valence-electron chi connectivity index (χ1n) is 15.5. The summed E-state index contributed by atoms with van der Waals surface area (Å²) < 4.78 is 10.2. The van der Waals surface area contributed by atoms with Crippen molar-refractivity contribution in [2.75, 3.05) is 9.80 Å². The second kappa shape index (κ2) is 14.0. The summed E-state index contributed by atoms with van der Waals surface area (Å²) in [5.41, 5.74) is 16.1. The zero-order valence-electron chi connectivity index (χ0n) is 25.7. The van der Waals surface area contributed by atoms with Gasteiger partial charge in [-0.1, -0.05) is 121 Å². The Morgan fingerprint density at radius 2 is 1.09 bits per heavy atom. The van der Waals surface area contributed by atoms with Gasteiger partial charge in [0, 0.05) is 32.6 Å². The van der Waals surface area contributed by atoms with Gasteiger partial charge in [0.15, 0.2) is 0 Å². The number of hydrogen-bond acceptors (Lipinski definition) is 3. The normalized spacial score (nSPS) is 14.9. The Labute approximate surface area is 292 Å². The molecular formula is C42H32FIN2S. The maximum absolute atomic E-state index is 10.2. The van der Waals surface area contributed by atoms with Crippen LogP contribution in [0, 0.1) is 0 Å². The highest BCUT2D eigenvalue weighted by Crippen LogP contribution is 2.44. The van der Waals surface area contributed by atoms with Gasteiger partial charge in [0.1, 0.15) is 9.32 Å². The molecule has 0 aromatic heterocycles. The molecule has 47 heavy (non-hydrogen) atoms. The SMILES string of the molecule is C=C/C=C(\C=C1/Cc2ccc(N3c4ccccc4C=Cc4ccccc43)cc2C1)N1c2ccccc2C=Cc2ccccc21.FSI. The van der Waals surface area contributed by atoms with Gasteiger partial charge in [-0.15, -0.1) is 0 Å². The summed E-state index contributed by atoms with van der Waals surface area (Å²) in [6, 6.07) is 41.6. The van der Waals surface area contributed by atoms with Crippen molar-refractivity contribution >= 4 is 83.3 Å². The van der Waals surface area contributed by atoms with Crippen LogP contribution >= 0.6 is 30.5 Å². The number of benzene rings is 5. The third-order valence-corrected chi connectivity index (χ3v) is 8.78. The zero-order valence-corrected chi connectivity index (χ0v) is 28.7. The smallest absolute Gasteiger partial charge is 0.117 e. The highest BCUT2D eigenvalue weighted by Gasteiger charge is 2.25. The first kappa shape index (κ1) is 31.0. The van der Waals surface area contributed by atoms with Crippen LogP contribution in [0.2, 0.25) is 0 Å². The summed E-state index contributed by atoms with van der Waals surface area (Å²) in [6.45, 7) is 4.09. The van der Waals surface area contributed by atoms with E-state index in [1.54, 1.807) is 0 Å². The number of para-hydroxylation sites is 4. The van der Waals surface area contributed by atoms with Gasteiger partial charge in [-0.2, -0.15) is 3.89 Å². The average molecular weight is 743 g/mol. The predicted molar refractivity (Wildman–Crippen MR) is 210 cm³/mol. The Morgan fingerprint density at radius 1 is 0.638 bits per heavy atom. The molecule has 0 amide bonds. The van der Waals surface area contributed by atoms with Crippen LogP contribution in [0.4, 0.5) is 32.3 Å². The molecule has 0 saturated heterocycles. The molecule has 1 aliphatic carbocycles. The van der Waals surface area contributed by atoms with Crippen LogP contribution in [-0.4, -0.2) is 0 Å². The number of allylic oxidation sites excluding steroid dienone is 4. The molecule has 8 rings (SSSR count). The van der Waals surface area contributed by atoms with Crippen molar-refractivity contribution in [2.45, 2.75) is 12.8 Å². The van der Waals surface area contributed by atoms with Crippen molar-refractivity contribution in [2.24, 2.45) is 0 Å². The van der Waals surface area contributed by atoms with Crippen LogP contribution in [0.3, 0.4) is 0 Å². The maximum Gasteiger partial charge on any atom is 0.117 e. The largest absolute Gasteiger partial charge is 0.309 e. The summed E-state index contributed by atoms with van der Waals surface area (Å²) in [5, 5.41) is 0. The number of nitrogens with zero attached hydrogens (tertiary/aromatic N) is 2.